The second-order valence-corrected chi connectivity index (χ2v) is 4.45. The van der Waals surface area contributed by atoms with Crippen molar-refractivity contribution in [2.45, 2.75) is 20.0 Å². The minimum atomic E-state index is -0.583. The molecule has 0 aliphatic rings. The fourth-order valence-electron chi connectivity index (χ4n) is 1.37. The lowest BCUT2D eigenvalue weighted by molar-refractivity contribution is 0.0972. The maximum atomic E-state index is 11.6. The van der Waals surface area contributed by atoms with Gasteiger partial charge in [-0.15, -0.1) is 6.42 Å². The fraction of sp³-hybridized carbons (Fsp3) is 0.231. The Bertz CT molecular complexity index is 600. The normalized spacial score (nSPS) is 11.1. The zero-order chi connectivity index (χ0) is 14.6. The van der Waals surface area contributed by atoms with Gasteiger partial charge in [0.15, 0.2) is 18.0 Å². The summed E-state index contributed by atoms with van der Waals surface area (Å²) in [5.41, 5.74) is 0.662. The molecular weight excluding hydrogens is 287 g/mol. The summed E-state index contributed by atoms with van der Waals surface area (Å²) in [6.07, 6.45) is 6.25. The molecule has 1 aromatic rings. The van der Waals surface area contributed by atoms with Crippen LogP contribution in [0, 0.1) is 30.7 Å². The van der Waals surface area contributed by atoms with E-state index in [1.807, 2.05) is 5.32 Å². The van der Waals surface area contributed by atoms with Crippen molar-refractivity contribution in [2.24, 2.45) is 0 Å². The highest BCUT2D eigenvalue weighted by atomic mass is 35.5. The summed E-state index contributed by atoms with van der Waals surface area (Å²) >= 11 is 12.1. The molecule has 4 nitrogen and oxygen atoms in total. The van der Waals surface area contributed by atoms with Gasteiger partial charge in [0.2, 0.25) is 0 Å². The van der Waals surface area contributed by atoms with Crippen LogP contribution >= 0.6 is 23.2 Å². The maximum Gasteiger partial charge on any atom is 0.264 e. The Hall–Kier alpha value is -1.88. The zero-order valence-corrected chi connectivity index (χ0v) is 11.8. The highest BCUT2D eigenvalue weighted by molar-refractivity contribution is 6.38. The third-order valence-electron chi connectivity index (χ3n) is 2.36. The van der Waals surface area contributed by atoms with E-state index in [1.54, 1.807) is 20.0 Å². The van der Waals surface area contributed by atoms with Crippen LogP contribution in [0.2, 0.25) is 10.0 Å². The van der Waals surface area contributed by atoms with Crippen LogP contribution in [0.4, 0.5) is 0 Å². The van der Waals surface area contributed by atoms with Gasteiger partial charge in [-0.3, -0.25) is 10.1 Å². The molecule has 0 radical (unpaired) electrons. The molecular formula is C13H10Cl2N2O2. The van der Waals surface area contributed by atoms with Crippen molar-refractivity contribution in [1.82, 2.24) is 5.32 Å². The number of nitrogens with zero attached hydrogens (tertiary/aromatic N) is 1. The summed E-state index contributed by atoms with van der Waals surface area (Å²) in [7, 11) is 0. The van der Waals surface area contributed by atoms with Crippen LogP contribution in [0.3, 0.4) is 0 Å². The second-order valence-electron chi connectivity index (χ2n) is 3.67. The van der Waals surface area contributed by atoms with Crippen LogP contribution in [0.1, 0.15) is 22.8 Å². The van der Waals surface area contributed by atoms with Crippen LogP contribution in [0.15, 0.2) is 6.07 Å². The number of hydrogen-bond acceptors (Lipinski definition) is 3. The predicted octanol–water partition coefficient (Wildman–Crippen LogP) is 2.91. The van der Waals surface area contributed by atoms with Crippen LogP contribution in [0.25, 0.3) is 0 Å². The number of carbonyl (C=O) groups is 1. The highest BCUT2D eigenvalue weighted by Crippen LogP contribution is 2.38. The number of terminal acetylenes is 1. The van der Waals surface area contributed by atoms with Gasteiger partial charge in [-0.2, -0.15) is 5.26 Å². The van der Waals surface area contributed by atoms with E-state index in [2.05, 4.69) is 5.92 Å². The predicted molar refractivity (Wildman–Crippen MR) is 73.2 cm³/mol. The molecule has 1 unspecified atom stereocenters. The minimum absolute atomic E-state index is 0.154. The van der Waals surface area contributed by atoms with E-state index in [-0.39, 0.29) is 21.4 Å². The number of ether oxygens (including phenoxy) is 1. The van der Waals surface area contributed by atoms with Crippen molar-refractivity contribution < 1.29 is 9.53 Å². The van der Waals surface area contributed by atoms with E-state index in [9.17, 15) is 4.79 Å². The molecule has 19 heavy (non-hydrogen) atoms. The molecule has 0 saturated heterocycles. The Morgan fingerprint density at radius 3 is 2.74 bits per heavy atom. The molecule has 0 spiro atoms. The van der Waals surface area contributed by atoms with Crippen LogP contribution in [-0.4, -0.2) is 12.0 Å². The van der Waals surface area contributed by atoms with Crippen molar-refractivity contribution in [1.29, 1.82) is 5.26 Å². The summed E-state index contributed by atoms with van der Waals surface area (Å²) in [6.45, 7) is 3.29. The third kappa shape index (κ3) is 3.32. The second kappa shape index (κ2) is 6.33. The minimum Gasteiger partial charge on any atom is -0.475 e. The Balaban J connectivity index is 3.28. The fourth-order valence-corrected chi connectivity index (χ4v) is 1.91. The monoisotopic (exact) mass is 296 g/mol. The number of nitriles is 1. The zero-order valence-electron chi connectivity index (χ0n) is 10.3. The molecule has 0 aromatic heterocycles. The smallest absolute Gasteiger partial charge is 0.264 e. The first-order valence-electron chi connectivity index (χ1n) is 5.23. The van der Waals surface area contributed by atoms with Crippen molar-refractivity contribution >= 4 is 29.1 Å². The van der Waals surface area contributed by atoms with Crippen LogP contribution in [-0.2, 0) is 0 Å². The number of benzene rings is 1. The number of amides is 1. The number of hydrogen-bond donors (Lipinski definition) is 1. The number of rotatable bonds is 3. The molecule has 1 N–H and O–H groups in total. The summed E-state index contributed by atoms with van der Waals surface area (Å²) in [5.74, 6) is 2.02. The summed E-state index contributed by atoms with van der Waals surface area (Å²) in [6, 6.07) is 1.38. The standard InChI is InChI=1S/C13H10Cl2N2O2/c1-4-7(2)19-12-10(14)5-9(8(3)11(12)15)13(18)17-6-16/h1,5,7H,2-3H3,(H,17,18). The van der Waals surface area contributed by atoms with Gasteiger partial charge in [-0.1, -0.05) is 29.1 Å². The number of halogens is 2. The number of carbonyl (C=O) groups excluding carboxylic acids is 1. The lowest BCUT2D eigenvalue weighted by Gasteiger charge is -2.15. The maximum absolute atomic E-state index is 11.6. The Kier molecular flexibility index (Phi) is 5.06. The van der Waals surface area contributed by atoms with E-state index in [1.165, 1.54) is 6.07 Å². The molecule has 1 rings (SSSR count). The molecule has 0 fully saturated rings. The first kappa shape index (κ1) is 15.2. The van der Waals surface area contributed by atoms with Gasteiger partial charge in [0.05, 0.1) is 10.0 Å². The van der Waals surface area contributed by atoms with Crippen molar-refractivity contribution in [3.05, 3.63) is 27.2 Å². The van der Waals surface area contributed by atoms with Gasteiger partial charge in [-0.05, 0) is 25.5 Å². The largest absolute Gasteiger partial charge is 0.475 e. The van der Waals surface area contributed by atoms with E-state index in [0.29, 0.717) is 5.56 Å². The van der Waals surface area contributed by atoms with Gasteiger partial charge in [0.25, 0.3) is 5.91 Å². The summed E-state index contributed by atoms with van der Waals surface area (Å²) in [5, 5.41) is 10.8. The molecule has 0 aliphatic heterocycles. The average molecular weight is 297 g/mol. The van der Waals surface area contributed by atoms with Crippen molar-refractivity contribution in [3.8, 4) is 24.3 Å². The SMILES string of the molecule is C#CC(C)Oc1c(Cl)cc(C(=O)NC#N)c(C)c1Cl. The van der Waals surface area contributed by atoms with E-state index >= 15 is 0 Å². The van der Waals surface area contributed by atoms with E-state index in [0.717, 1.165) is 0 Å². The van der Waals surface area contributed by atoms with Crippen molar-refractivity contribution in [2.75, 3.05) is 0 Å². The quantitative estimate of drug-likeness (QED) is 0.530. The summed E-state index contributed by atoms with van der Waals surface area (Å²) in [4.78, 5) is 11.6. The molecule has 0 bridgehead atoms. The van der Waals surface area contributed by atoms with Gasteiger partial charge in [-0.25, -0.2) is 0 Å². The Morgan fingerprint density at radius 2 is 2.21 bits per heavy atom. The Morgan fingerprint density at radius 1 is 1.58 bits per heavy atom. The van der Waals surface area contributed by atoms with Gasteiger partial charge >= 0.3 is 0 Å². The molecule has 6 heteroatoms. The summed E-state index contributed by atoms with van der Waals surface area (Å²) < 4.78 is 5.40. The lowest BCUT2D eigenvalue weighted by Crippen LogP contribution is -2.19. The first-order valence-corrected chi connectivity index (χ1v) is 5.98. The van der Waals surface area contributed by atoms with Crippen molar-refractivity contribution in [3.63, 3.8) is 0 Å². The van der Waals surface area contributed by atoms with Gasteiger partial charge < -0.3 is 4.74 Å². The molecule has 0 heterocycles. The van der Waals surface area contributed by atoms with Crippen LogP contribution < -0.4 is 10.1 Å². The molecule has 1 amide bonds. The molecule has 1 atom stereocenters. The first-order chi connectivity index (χ1) is 8.92. The molecule has 98 valence electrons. The van der Waals surface area contributed by atoms with Gasteiger partial charge in [0, 0.05) is 5.56 Å². The van der Waals surface area contributed by atoms with Crippen LogP contribution in [0.5, 0.6) is 5.75 Å². The van der Waals surface area contributed by atoms with Gasteiger partial charge in [0.1, 0.15) is 0 Å². The topological polar surface area (TPSA) is 62.1 Å². The highest BCUT2D eigenvalue weighted by Gasteiger charge is 2.19. The Labute approximate surface area is 121 Å². The molecule has 0 saturated carbocycles. The van der Waals surface area contributed by atoms with E-state index < -0.39 is 12.0 Å². The number of nitrogens with one attached hydrogen (secondary N) is 1. The van der Waals surface area contributed by atoms with E-state index in [4.69, 9.17) is 39.6 Å². The lowest BCUT2D eigenvalue weighted by atomic mass is 10.1. The molecule has 1 aromatic carbocycles. The molecule has 0 aliphatic carbocycles. The average Bonchev–Trinajstić information content (AvgIpc) is 2.38. The third-order valence-corrected chi connectivity index (χ3v) is 3.10.